The predicted molar refractivity (Wildman–Crippen MR) is 124 cm³/mol. The van der Waals surface area contributed by atoms with Gasteiger partial charge in [0.25, 0.3) is 0 Å². The molecule has 170 valence electrons. The van der Waals surface area contributed by atoms with Crippen LogP contribution < -0.4 is 15.5 Å². The molecular weight excluding hydrogens is 406 g/mol. The van der Waals surface area contributed by atoms with E-state index in [9.17, 15) is 9.59 Å². The Labute approximate surface area is 188 Å². The monoisotopic (exact) mass is 437 g/mol. The molecule has 1 saturated carbocycles. The van der Waals surface area contributed by atoms with Crippen LogP contribution in [0.1, 0.15) is 31.2 Å². The van der Waals surface area contributed by atoms with Gasteiger partial charge in [0.05, 0.1) is 11.9 Å². The zero-order valence-corrected chi connectivity index (χ0v) is 18.8. The SMILES string of the molecule is CN=C(NCc1cccc(NC(=O)C2CCCC2)c1)N1CCN(c2cnn(C)c2)C(=O)C1. The van der Waals surface area contributed by atoms with Gasteiger partial charge < -0.3 is 20.4 Å². The van der Waals surface area contributed by atoms with Gasteiger partial charge in [-0.25, -0.2) is 0 Å². The van der Waals surface area contributed by atoms with Crippen molar-refractivity contribution in [1.82, 2.24) is 20.0 Å². The van der Waals surface area contributed by atoms with E-state index < -0.39 is 0 Å². The smallest absolute Gasteiger partial charge is 0.246 e. The second kappa shape index (κ2) is 9.84. The lowest BCUT2D eigenvalue weighted by Crippen LogP contribution is -2.55. The quantitative estimate of drug-likeness (QED) is 0.551. The van der Waals surface area contributed by atoms with Crippen LogP contribution >= 0.6 is 0 Å². The number of nitrogens with zero attached hydrogens (tertiary/aromatic N) is 5. The number of carbonyl (C=O) groups excluding carboxylic acids is 2. The van der Waals surface area contributed by atoms with Crippen LogP contribution in [0.15, 0.2) is 41.7 Å². The minimum Gasteiger partial charge on any atom is -0.352 e. The minimum atomic E-state index is 0.0174. The first-order valence-corrected chi connectivity index (χ1v) is 11.2. The van der Waals surface area contributed by atoms with E-state index in [1.165, 1.54) is 0 Å². The first-order chi connectivity index (χ1) is 15.5. The van der Waals surface area contributed by atoms with Crippen LogP contribution in [-0.2, 0) is 23.2 Å². The molecule has 1 saturated heterocycles. The third kappa shape index (κ3) is 5.09. The number of hydrogen-bond acceptors (Lipinski definition) is 4. The standard InChI is InChI=1S/C23H31N7O2/c1-24-23(29-10-11-30(21(31)16-29)20-14-26-28(2)15-20)25-13-17-6-5-9-19(12-17)27-22(32)18-7-3-4-8-18/h5-6,9,12,14-15,18H,3-4,7-8,10-11,13,16H2,1-2H3,(H,24,25)(H,27,32). The molecule has 32 heavy (non-hydrogen) atoms. The maximum absolute atomic E-state index is 12.7. The van der Waals surface area contributed by atoms with Crippen LogP contribution in [0.3, 0.4) is 0 Å². The number of benzene rings is 1. The molecule has 4 rings (SSSR count). The van der Waals surface area contributed by atoms with Crippen molar-refractivity contribution in [3.63, 3.8) is 0 Å². The van der Waals surface area contributed by atoms with E-state index in [0.717, 1.165) is 42.6 Å². The summed E-state index contributed by atoms with van der Waals surface area (Å²) in [6.07, 6.45) is 7.80. The Kier molecular flexibility index (Phi) is 6.72. The second-order valence-electron chi connectivity index (χ2n) is 8.41. The van der Waals surface area contributed by atoms with Crippen LogP contribution in [0.5, 0.6) is 0 Å². The van der Waals surface area contributed by atoms with Gasteiger partial charge in [-0.2, -0.15) is 5.10 Å². The molecule has 2 fully saturated rings. The van der Waals surface area contributed by atoms with Crippen molar-refractivity contribution in [2.24, 2.45) is 18.0 Å². The van der Waals surface area contributed by atoms with Gasteiger partial charge in [0, 0.05) is 51.5 Å². The van der Waals surface area contributed by atoms with Crippen LogP contribution in [0.2, 0.25) is 0 Å². The average Bonchev–Trinajstić information content (AvgIpc) is 3.47. The first-order valence-electron chi connectivity index (χ1n) is 11.2. The Morgan fingerprint density at radius 1 is 1.25 bits per heavy atom. The van der Waals surface area contributed by atoms with Crippen molar-refractivity contribution in [2.75, 3.05) is 36.9 Å². The van der Waals surface area contributed by atoms with Gasteiger partial charge in [-0.3, -0.25) is 19.3 Å². The van der Waals surface area contributed by atoms with Crippen molar-refractivity contribution < 1.29 is 9.59 Å². The van der Waals surface area contributed by atoms with E-state index in [1.807, 2.05) is 42.4 Å². The van der Waals surface area contributed by atoms with Crippen LogP contribution in [-0.4, -0.2) is 59.1 Å². The first kappa shape index (κ1) is 21.9. The van der Waals surface area contributed by atoms with Crippen molar-refractivity contribution in [1.29, 1.82) is 0 Å². The number of amides is 2. The molecule has 1 aromatic heterocycles. The van der Waals surface area contributed by atoms with E-state index >= 15 is 0 Å². The number of nitrogens with one attached hydrogen (secondary N) is 2. The molecule has 1 aliphatic heterocycles. The van der Waals surface area contributed by atoms with Gasteiger partial charge in [-0.05, 0) is 30.5 Å². The summed E-state index contributed by atoms with van der Waals surface area (Å²) in [6.45, 7) is 2.06. The van der Waals surface area contributed by atoms with Crippen molar-refractivity contribution in [2.45, 2.75) is 32.2 Å². The highest BCUT2D eigenvalue weighted by Crippen LogP contribution is 2.26. The Morgan fingerprint density at radius 3 is 2.75 bits per heavy atom. The molecule has 0 spiro atoms. The van der Waals surface area contributed by atoms with E-state index in [0.29, 0.717) is 25.6 Å². The summed E-state index contributed by atoms with van der Waals surface area (Å²) in [5, 5.41) is 10.6. The molecule has 1 aromatic carbocycles. The molecule has 2 heterocycles. The van der Waals surface area contributed by atoms with Crippen LogP contribution in [0.4, 0.5) is 11.4 Å². The normalized spacial score (nSPS) is 17.7. The summed E-state index contributed by atoms with van der Waals surface area (Å²) < 4.78 is 1.69. The minimum absolute atomic E-state index is 0.0174. The topological polar surface area (TPSA) is 94.9 Å². The predicted octanol–water partition coefficient (Wildman–Crippen LogP) is 1.97. The summed E-state index contributed by atoms with van der Waals surface area (Å²) in [7, 11) is 3.56. The highest BCUT2D eigenvalue weighted by molar-refractivity contribution is 5.98. The Bertz CT molecular complexity index is 994. The number of rotatable bonds is 5. The summed E-state index contributed by atoms with van der Waals surface area (Å²) in [5.74, 6) is 0.959. The Hall–Kier alpha value is -3.36. The fourth-order valence-corrected chi connectivity index (χ4v) is 4.38. The molecule has 0 unspecified atom stereocenters. The van der Waals surface area contributed by atoms with Gasteiger partial charge in [0.2, 0.25) is 11.8 Å². The van der Waals surface area contributed by atoms with Crippen molar-refractivity contribution in [3.8, 4) is 0 Å². The lowest BCUT2D eigenvalue weighted by atomic mass is 10.1. The fourth-order valence-electron chi connectivity index (χ4n) is 4.38. The number of guanidine groups is 1. The van der Waals surface area contributed by atoms with Crippen LogP contribution in [0.25, 0.3) is 0 Å². The lowest BCUT2D eigenvalue weighted by molar-refractivity contribution is -0.120. The molecule has 2 amide bonds. The molecule has 2 aromatic rings. The zero-order valence-electron chi connectivity index (χ0n) is 18.8. The van der Waals surface area contributed by atoms with Gasteiger partial charge in [0.1, 0.15) is 6.54 Å². The Morgan fingerprint density at radius 2 is 2.06 bits per heavy atom. The number of aryl methyl sites for hydroxylation is 1. The summed E-state index contributed by atoms with van der Waals surface area (Å²) in [6, 6.07) is 7.86. The molecule has 0 bridgehead atoms. The number of hydrogen-bond donors (Lipinski definition) is 2. The lowest BCUT2D eigenvalue weighted by Gasteiger charge is -2.35. The number of piperazine rings is 1. The largest absolute Gasteiger partial charge is 0.352 e. The van der Waals surface area contributed by atoms with Gasteiger partial charge in [-0.1, -0.05) is 25.0 Å². The number of aromatic nitrogens is 2. The van der Waals surface area contributed by atoms with Gasteiger partial charge in [-0.15, -0.1) is 0 Å². The molecule has 2 N–H and O–H groups in total. The van der Waals surface area contributed by atoms with Crippen molar-refractivity contribution >= 4 is 29.1 Å². The summed E-state index contributed by atoms with van der Waals surface area (Å²) in [5.41, 5.74) is 2.67. The van der Waals surface area contributed by atoms with Crippen molar-refractivity contribution in [3.05, 3.63) is 42.2 Å². The van der Waals surface area contributed by atoms with Crippen LogP contribution in [0, 0.1) is 5.92 Å². The average molecular weight is 438 g/mol. The number of anilines is 2. The molecule has 9 nitrogen and oxygen atoms in total. The van der Waals surface area contributed by atoms with E-state index in [2.05, 4.69) is 20.7 Å². The zero-order chi connectivity index (χ0) is 22.5. The third-order valence-electron chi connectivity index (χ3n) is 6.11. The summed E-state index contributed by atoms with van der Waals surface area (Å²) >= 11 is 0. The maximum atomic E-state index is 12.7. The van der Waals surface area contributed by atoms with E-state index in [4.69, 9.17) is 0 Å². The number of aliphatic imine (C=N–C) groups is 1. The third-order valence-corrected chi connectivity index (χ3v) is 6.11. The van der Waals surface area contributed by atoms with Gasteiger partial charge >= 0.3 is 0 Å². The Balaban J connectivity index is 1.32. The fraction of sp³-hybridized carbons (Fsp3) is 0.478. The van der Waals surface area contributed by atoms with E-state index in [1.54, 1.807) is 22.8 Å². The maximum Gasteiger partial charge on any atom is 0.246 e. The molecule has 2 aliphatic rings. The van der Waals surface area contributed by atoms with Gasteiger partial charge in [0.15, 0.2) is 5.96 Å². The molecule has 0 atom stereocenters. The molecule has 0 radical (unpaired) electrons. The van der Waals surface area contributed by atoms with E-state index in [-0.39, 0.29) is 24.3 Å². The highest BCUT2D eigenvalue weighted by Gasteiger charge is 2.27. The molecule has 1 aliphatic carbocycles. The summed E-state index contributed by atoms with van der Waals surface area (Å²) in [4.78, 5) is 33.2. The molecule has 9 heteroatoms. The highest BCUT2D eigenvalue weighted by atomic mass is 16.2. The molecular formula is C23H31N7O2. The second-order valence-corrected chi connectivity index (χ2v) is 8.41. The number of carbonyl (C=O) groups is 2.